The molecule has 0 amide bonds. The van der Waals surface area contributed by atoms with Crippen molar-refractivity contribution in [2.45, 2.75) is 19.5 Å². The molecule has 0 saturated heterocycles. The number of aromatic nitrogens is 2. The van der Waals surface area contributed by atoms with Crippen LogP contribution in [-0.2, 0) is 6.54 Å². The summed E-state index contributed by atoms with van der Waals surface area (Å²) in [6.45, 7) is 2.64. The largest absolute Gasteiger partial charge is 0.496 e. The van der Waals surface area contributed by atoms with Crippen molar-refractivity contribution in [2.24, 2.45) is 0 Å². The predicted octanol–water partition coefficient (Wildman–Crippen LogP) is 2.29. The van der Waals surface area contributed by atoms with E-state index >= 15 is 0 Å². The first-order valence-corrected chi connectivity index (χ1v) is 6.71. The van der Waals surface area contributed by atoms with Crippen molar-refractivity contribution in [3.8, 4) is 17.2 Å². The predicted molar refractivity (Wildman–Crippen MR) is 79.9 cm³/mol. The zero-order chi connectivity index (χ0) is 15.2. The molecule has 0 aliphatic rings. The number of aromatic amines is 1. The lowest BCUT2D eigenvalue weighted by molar-refractivity contribution is 0.364. The van der Waals surface area contributed by atoms with E-state index in [9.17, 15) is 0 Å². The van der Waals surface area contributed by atoms with Gasteiger partial charge in [0.25, 0.3) is 0 Å². The maximum atomic E-state index is 5.43. The van der Waals surface area contributed by atoms with Gasteiger partial charge in [0.1, 0.15) is 23.1 Å². The first-order chi connectivity index (χ1) is 10.2. The normalized spacial score (nSPS) is 12.0. The lowest BCUT2D eigenvalue weighted by Crippen LogP contribution is -2.20. The molecule has 1 heterocycles. The van der Waals surface area contributed by atoms with Crippen LogP contribution in [0, 0.1) is 0 Å². The lowest BCUT2D eigenvalue weighted by Gasteiger charge is -2.17. The molecule has 0 saturated carbocycles. The van der Waals surface area contributed by atoms with Crippen LogP contribution in [0.3, 0.4) is 0 Å². The van der Waals surface area contributed by atoms with E-state index in [4.69, 9.17) is 14.2 Å². The monoisotopic (exact) mass is 291 g/mol. The van der Waals surface area contributed by atoms with E-state index < -0.39 is 0 Å². The second-order valence-corrected chi connectivity index (χ2v) is 4.59. The summed E-state index contributed by atoms with van der Waals surface area (Å²) in [5, 5.41) is 3.39. The average molecular weight is 291 g/mol. The van der Waals surface area contributed by atoms with Crippen molar-refractivity contribution in [1.29, 1.82) is 0 Å². The van der Waals surface area contributed by atoms with E-state index in [0.29, 0.717) is 12.3 Å². The van der Waals surface area contributed by atoms with Gasteiger partial charge in [-0.05, 0) is 6.92 Å². The van der Waals surface area contributed by atoms with Gasteiger partial charge in [-0.25, -0.2) is 4.98 Å². The fourth-order valence-corrected chi connectivity index (χ4v) is 2.12. The molecule has 0 spiro atoms. The first-order valence-electron chi connectivity index (χ1n) is 6.71. The SMILES string of the molecule is COc1cc(OC)c(CNC(C)c2ncc[nH]2)c(OC)c1. The number of rotatable bonds is 7. The van der Waals surface area contributed by atoms with Gasteiger partial charge in [0.05, 0.1) is 32.9 Å². The van der Waals surface area contributed by atoms with Crippen LogP contribution in [0.25, 0.3) is 0 Å². The number of imidazole rings is 1. The van der Waals surface area contributed by atoms with Gasteiger partial charge in [0.2, 0.25) is 0 Å². The topological polar surface area (TPSA) is 68.4 Å². The molecular formula is C15H21N3O3. The molecule has 6 nitrogen and oxygen atoms in total. The molecule has 0 fully saturated rings. The molecule has 0 aliphatic heterocycles. The van der Waals surface area contributed by atoms with Crippen LogP contribution in [0.1, 0.15) is 24.4 Å². The summed E-state index contributed by atoms with van der Waals surface area (Å²) in [5.74, 6) is 3.05. The Morgan fingerprint density at radius 1 is 1.14 bits per heavy atom. The molecule has 2 aromatic rings. The Morgan fingerprint density at radius 2 is 1.81 bits per heavy atom. The summed E-state index contributed by atoms with van der Waals surface area (Å²) in [4.78, 5) is 7.33. The number of hydrogen-bond acceptors (Lipinski definition) is 5. The minimum absolute atomic E-state index is 0.0940. The molecule has 0 aliphatic carbocycles. The summed E-state index contributed by atoms with van der Waals surface area (Å²) < 4.78 is 16.1. The van der Waals surface area contributed by atoms with Crippen molar-refractivity contribution < 1.29 is 14.2 Å². The van der Waals surface area contributed by atoms with E-state index in [1.165, 1.54) is 0 Å². The average Bonchev–Trinajstić information content (AvgIpc) is 3.06. The summed E-state index contributed by atoms with van der Waals surface area (Å²) in [6, 6.07) is 3.78. The van der Waals surface area contributed by atoms with Crippen LogP contribution in [0.5, 0.6) is 17.2 Å². The van der Waals surface area contributed by atoms with Crippen molar-refractivity contribution in [3.63, 3.8) is 0 Å². The molecule has 6 heteroatoms. The van der Waals surface area contributed by atoms with Crippen molar-refractivity contribution in [2.75, 3.05) is 21.3 Å². The fraction of sp³-hybridized carbons (Fsp3) is 0.400. The number of nitrogens with zero attached hydrogens (tertiary/aromatic N) is 1. The molecule has 1 aromatic carbocycles. The lowest BCUT2D eigenvalue weighted by atomic mass is 10.1. The quantitative estimate of drug-likeness (QED) is 0.819. The van der Waals surface area contributed by atoms with Gasteiger partial charge in [0.15, 0.2) is 0 Å². The highest BCUT2D eigenvalue weighted by atomic mass is 16.5. The van der Waals surface area contributed by atoms with E-state index in [0.717, 1.165) is 22.9 Å². The van der Waals surface area contributed by atoms with E-state index in [-0.39, 0.29) is 6.04 Å². The molecule has 2 rings (SSSR count). The van der Waals surface area contributed by atoms with Crippen LogP contribution in [-0.4, -0.2) is 31.3 Å². The smallest absolute Gasteiger partial charge is 0.130 e. The van der Waals surface area contributed by atoms with Gasteiger partial charge in [-0.1, -0.05) is 0 Å². The second kappa shape index (κ2) is 6.99. The Labute approximate surface area is 124 Å². The van der Waals surface area contributed by atoms with Crippen LogP contribution in [0.2, 0.25) is 0 Å². The molecule has 0 radical (unpaired) electrons. The molecule has 2 N–H and O–H groups in total. The van der Waals surface area contributed by atoms with Crippen molar-refractivity contribution in [3.05, 3.63) is 35.9 Å². The highest BCUT2D eigenvalue weighted by Gasteiger charge is 2.15. The van der Waals surface area contributed by atoms with Crippen LogP contribution < -0.4 is 19.5 Å². The number of methoxy groups -OCH3 is 3. The number of benzene rings is 1. The third-order valence-electron chi connectivity index (χ3n) is 3.33. The summed E-state index contributed by atoms with van der Waals surface area (Å²) in [7, 11) is 4.88. The minimum Gasteiger partial charge on any atom is -0.496 e. The molecular weight excluding hydrogens is 270 g/mol. The van der Waals surface area contributed by atoms with Gasteiger partial charge in [-0.3, -0.25) is 0 Å². The molecule has 114 valence electrons. The van der Waals surface area contributed by atoms with Crippen LogP contribution in [0.4, 0.5) is 0 Å². The molecule has 1 atom stereocenters. The fourth-order valence-electron chi connectivity index (χ4n) is 2.12. The number of nitrogens with one attached hydrogen (secondary N) is 2. The molecule has 1 aromatic heterocycles. The van der Waals surface area contributed by atoms with E-state index in [1.807, 2.05) is 25.3 Å². The summed E-state index contributed by atoms with van der Waals surface area (Å²) in [5.41, 5.74) is 0.944. The number of ether oxygens (including phenoxy) is 3. The molecule has 0 bridgehead atoms. The Hall–Kier alpha value is -2.21. The summed E-state index contributed by atoms with van der Waals surface area (Å²) >= 11 is 0. The van der Waals surface area contributed by atoms with E-state index in [2.05, 4.69) is 15.3 Å². The Balaban J connectivity index is 2.18. The third kappa shape index (κ3) is 3.46. The molecule has 21 heavy (non-hydrogen) atoms. The maximum absolute atomic E-state index is 5.43. The van der Waals surface area contributed by atoms with Crippen LogP contribution in [0.15, 0.2) is 24.5 Å². The first kappa shape index (κ1) is 15.2. The van der Waals surface area contributed by atoms with Gasteiger partial charge >= 0.3 is 0 Å². The van der Waals surface area contributed by atoms with Gasteiger partial charge < -0.3 is 24.5 Å². The van der Waals surface area contributed by atoms with Crippen molar-refractivity contribution >= 4 is 0 Å². The standard InChI is InChI=1S/C15H21N3O3/c1-10(15-16-5-6-17-15)18-9-12-13(20-3)7-11(19-2)8-14(12)21-4/h5-8,10,18H,9H2,1-4H3,(H,16,17). The third-order valence-corrected chi connectivity index (χ3v) is 3.33. The van der Waals surface area contributed by atoms with Gasteiger partial charge in [-0.15, -0.1) is 0 Å². The Kier molecular flexibility index (Phi) is 5.05. The zero-order valence-corrected chi connectivity index (χ0v) is 12.8. The van der Waals surface area contributed by atoms with Gasteiger partial charge in [-0.2, -0.15) is 0 Å². The number of hydrogen-bond donors (Lipinski definition) is 2. The minimum atomic E-state index is 0.0940. The summed E-state index contributed by atoms with van der Waals surface area (Å²) in [6.07, 6.45) is 3.55. The maximum Gasteiger partial charge on any atom is 0.130 e. The van der Waals surface area contributed by atoms with E-state index in [1.54, 1.807) is 27.5 Å². The Morgan fingerprint density at radius 3 is 2.29 bits per heavy atom. The Bertz CT molecular complexity index is 545. The zero-order valence-electron chi connectivity index (χ0n) is 12.8. The van der Waals surface area contributed by atoms with Crippen LogP contribution >= 0.6 is 0 Å². The highest BCUT2D eigenvalue weighted by Crippen LogP contribution is 2.34. The molecule has 1 unspecified atom stereocenters. The highest BCUT2D eigenvalue weighted by molar-refractivity contribution is 5.50. The second-order valence-electron chi connectivity index (χ2n) is 4.59. The van der Waals surface area contributed by atoms with Gasteiger partial charge in [0, 0.05) is 31.1 Å². The number of H-pyrrole nitrogens is 1. The van der Waals surface area contributed by atoms with Crippen molar-refractivity contribution in [1.82, 2.24) is 15.3 Å².